The van der Waals surface area contributed by atoms with Crippen molar-refractivity contribution in [1.82, 2.24) is 9.88 Å². The quantitative estimate of drug-likeness (QED) is 0.767. The van der Waals surface area contributed by atoms with Gasteiger partial charge in [0, 0.05) is 23.2 Å². The molecular weight excluding hydrogens is 335 g/mol. The molecule has 26 heavy (non-hydrogen) atoms. The molecule has 5 nitrogen and oxygen atoms in total. The highest BCUT2D eigenvalue weighted by Crippen LogP contribution is 2.27. The van der Waals surface area contributed by atoms with E-state index in [1.807, 2.05) is 12.1 Å². The molecular formula is C20H23FN2O3. The van der Waals surface area contributed by atoms with Crippen molar-refractivity contribution < 1.29 is 18.7 Å². The monoisotopic (exact) mass is 358 g/mol. The number of carbonyl (C=O) groups is 1. The Bertz CT molecular complexity index is 773. The molecule has 6 heteroatoms. The molecule has 0 atom stereocenters. The number of ether oxygens (including phenoxy) is 2. The second-order valence-electron chi connectivity index (χ2n) is 6.56. The summed E-state index contributed by atoms with van der Waals surface area (Å²) < 4.78 is 24.4. The Morgan fingerprint density at radius 2 is 2.04 bits per heavy atom. The number of aromatic nitrogens is 1. The fourth-order valence-electron chi connectivity index (χ4n) is 3.10. The summed E-state index contributed by atoms with van der Waals surface area (Å²) in [5.74, 6) is -0.146. The van der Waals surface area contributed by atoms with Crippen LogP contribution < -0.4 is 4.74 Å². The van der Waals surface area contributed by atoms with Gasteiger partial charge in [0.05, 0.1) is 12.7 Å². The summed E-state index contributed by atoms with van der Waals surface area (Å²) in [7, 11) is 3.39. The average Bonchev–Trinajstić information content (AvgIpc) is 2.67. The minimum Gasteiger partial charge on any atom is -0.473 e. The summed E-state index contributed by atoms with van der Waals surface area (Å²) in [6, 6.07) is 9.94. The van der Waals surface area contributed by atoms with Crippen LogP contribution in [0.5, 0.6) is 5.88 Å². The van der Waals surface area contributed by atoms with Crippen molar-refractivity contribution in [2.24, 2.45) is 0 Å². The van der Waals surface area contributed by atoms with Crippen LogP contribution in [-0.4, -0.2) is 43.1 Å². The van der Waals surface area contributed by atoms with Crippen LogP contribution in [0.1, 0.15) is 40.4 Å². The second-order valence-corrected chi connectivity index (χ2v) is 6.56. The molecule has 0 saturated carbocycles. The SMILES string of the molecule is COC(=O)c1ccc(COc2cccc(C3CCN(C)CC3)n2)c(F)c1. The third-order valence-corrected chi connectivity index (χ3v) is 4.73. The standard InChI is InChI=1S/C20H23FN2O3/c1-23-10-8-14(9-11-23)18-4-3-5-19(22-18)26-13-16-7-6-15(12-17(16)21)20(24)25-2/h3-7,12,14H,8-11,13H2,1-2H3. The molecule has 138 valence electrons. The summed E-state index contributed by atoms with van der Waals surface area (Å²) in [4.78, 5) is 18.3. The lowest BCUT2D eigenvalue weighted by Crippen LogP contribution is -2.29. The van der Waals surface area contributed by atoms with Gasteiger partial charge in [0.2, 0.25) is 5.88 Å². The van der Waals surface area contributed by atoms with Gasteiger partial charge in [-0.25, -0.2) is 14.2 Å². The van der Waals surface area contributed by atoms with Crippen molar-refractivity contribution in [3.63, 3.8) is 0 Å². The number of benzene rings is 1. The van der Waals surface area contributed by atoms with E-state index in [2.05, 4.69) is 21.7 Å². The Labute approximate surface area is 152 Å². The van der Waals surface area contributed by atoms with Gasteiger partial charge in [0.1, 0.15) is 12.4 Å². The second kappa shape index (κ2) is 8.27. The average molecular weight is 358 g/mol. The van der Waals surface area contributed by atoms with Crippen molar-refractivity contribution in [2.45, 2.75) is 25.4 Å². The molecule has 0 amide bonds. The number of methoxy groups -OCH3 is 1. The third-order valence-electron chi connectivity index (χ3n) is 4.73. The molecule has 1 aliphatic rings. The van der Waals surface area contributed by atoms with Crippen molar-refractivity contribution in [2.75, 3.05) is 27.2 Å². The smallest absolute Gasteiger partial charge is 0.337 e. The predicted octanol–water partition coefficient (Wildman–Crippen LogP) is 3.40. The summed E-state index contributed by atoms with van der Waals surface area (Å²) in [5, 5.41) is 0. The maximum Gasteiger partial charge on any atom is 0.337 e. The molecule has 1 fully saturated rings. The van der Waals surface area contributed by atoms with E-state index in [0.29, 0.717) is 17.4 Å². The predicted molar refractivity (Wildman–Crippen MR) is 95.8 cm³/mol. The molecule has 1 saturated heterocycles. The Morgan fingerprint density at radius 1 is 1.27 bits per heavy atom. The highest BCUT2D eigenvalue weighted by atomic mass is 19.1. The van der Waals surface area contributed by atoms with Gasteiger partial charge < -0.3 is 14.4 Å². The number of nitrogens with zero attached hydrogens (tertiary/aromatic N) is 2. The van der Waals surface area contributed by atoms with E-state index in [0.717, 1.165) is 37.7 Å². The first kappa shape index (κ1) is 18.3. The van der Waals surface area contributed by atoms with E-state index in [1.165, 1.54) is 19.2 Å². The molecule has 0 aliphatic carbocycles. The number of hydrogen-bond donors (Lipinski definition) is 0. The van der Waals surface area contributed by atoms with Crippen LogP contribution >= 0.6 is 0 Å². The van der Waals surface area contributed by atoms with Gasteiger partial charge >= 0.3 is 5.97 Å². The maximum atomic E-state index is 14.1. The summed E-state index contributed by atoms with van der Waals surface area (Å²) in [6.45, 7) is 2.18. The van der Waals surface area contributed by atoms with Crippen molar-refractivity contribution in [3.05, 3.63) is 59.0 Å². The van der Waals surface area contributed by atoms with Crippen LogP contribution in [0.25, 0.3) is 0 Å². The molecule has 1 aromatic carbocycles. The Hall–Kier alpha value is -2.47. The number of hydrogen-bond acceptors (Lipinski definition) is 5. The number of carbonyl (C=O) groups excluding carboxylic acids is 1. The highest BCUT2D eigenvalue weighted by Gasteiger charge is 2.20. The van der Waals surface area contributed by atoms with Gasteiger partial charge in [-0.05, 0) is 51.2 Å². The molecule has 2 aromatic rings. The summed E-state index contributed by atoms with van der Waals surface area (Å²) in [5.41, 5.74) is 1.57. The number of esters is 1. The molecule has 0 bridgehead atoms. The van der Waals surface area contributed by atoms with Crippen LogP contribution in [0.4, 0.5) is 4.39 Å². The summed E-state index contributed by atoms with van der Waals surface area (Å²) in [6.07, 6.45) is 2.16. The molecule has 3 rings (SSSR count). The lowest BCUT2D eigenvalue weighted by atomic mass is 9.93. The number of rotatable bonds is 5. The molecule has 0 spiro atoms. The fraction of sp³-hybridized carbons (Fsp3) is 0.400. The van der Waals surface area contributed by atoms with Crippen LogP contribution in [0.15, 0.2) is 36.4 Å². The lowest BCUT2D eigenvalue weighted by molar-refractivity contribution is 0.0600. The van der Waals surface area contributed by atoms with Gasteiger partial charge in [-0.3, -0.25) is 0 Å². The van der Waals surface area contributed by atoms with E-state index < -0.39 is 11.8 Å². The third kappa shape index (κ3) is 4.38. The van der Waals surface area contributed by atoms with Crippen molar-refractivity contribution in [1.29, 1.82) is 0 Å². The first-order chi connectivity index (χ1) is 12.6. The number of likely N-dealkylation sites (tertiary alicyclic amines) is 1. The Morgan fingerprint density at radius 3 is 2.73 bits per heavy atom. The molecule has 0 radical (unpaired) electrons. The molecule has 1 aromatic heterocycles. The number of halogens is 1. The molecule has 0 unspecified atom stereocenters. The Kier molecular flexibility index (Phi) is 5.83. The van der Waals surface area contributed by atoms with Crippen LogP contribution in [0.2, 0.25) is 0 Å². The molecule has 1 aliphatic heterocycles. The van der Waals surface area contributed by atoms with Gasteiger partial charge in [0.15, 0.2) is 0 Å². The van der Waals surface area contributed by atoms with Gasteiger partial charge in [-0.15, -0.1) is 0 Å². The number of piperidine rings is 1. The van der Waals surface area contributed by atoms with Crippen LogP contribution in [0.3, 0.4) is 0 Å². The van der Waals surface area contributed by atoms with Gasteiger partial charge in [0.25, 0.3) is 0 Å². The van der Waals surface area contributed by atoms with Crippen molar-refractivity contribution >= 4 is 5.97 Å². The zero-order valence-electron chi connectivity index (χ0n) is 15.1. The highest BCUT2D eigenvalue weighted by molar-refractivity contribution is 5.89. The van der Waals surface area contributed by atoms with E-state index >= 15 is 0 Å². The zero-order chi connectivity index (χ0) is 18.5. The first-order valence-corrected chi connectivity index (χ1v) is 8.72. The summed E-state index contributed by atoms with van der Waals surface area (Å²) >= 11 is 0. The molecule has 2 heterocycles. The lowest BCUT2D eigenvalue weighted by Gasteiger charge is -2.28. The van der Waals surface area contributed by atoms with E-state index in [9.17, 15) is 9.18 Å². The van der Waals surface area contributed by atoms with Crippen LogP contribution in [0, 0.1) is 5.82 Å². The fourth-order valence-corrected chi connectivity index (χ4v) is 3.10. The minimum atomic E-state index is -0.566. The first-order valence-electron chi connectivity index (χ1n) is 8.72. The van der Waals surface area contributed by atoms with Crippen LogP contribution in [-0.2, 0) is 11.3 Å². The number of pyridine rings is 1. The largest absolute Gasteiger partial charge is 0.473 e. The van der Waals surface area contributed by atoms with Gasteiger partial charge in [-0.2, -0.15) is 0 Å². The van der Waals surface area contributed by atoms with E-state index in [4.69, 9.17) is 4.74 Å². The normalized spacial score (nSPS) is 15.7. The minimum absolute atomic E-state index is 0.0527. The van der Waals surface area contributed by atoms with E-state index in [-0.39, 0.29) is 12.2 Å². The van der Waals surface area contributed by atoms with E-state index in [1.54, 1.807) is 6.07 Å². The van der Waals surface area contributed by atoms with Crippen molar-refractivity contribution in [3.8, 4) is 5.88 Å². The maximum absolute atomic E-state index is 14.1. The Balaban J connectivity index is 1.65. The zero-order valence-corrected chi connectivity index (χ0v) is 15.1. The topological polar surface area (TPSA) is 51.7 Å². The molecule has 0 N–H and O–H groups in total. The van der Waals surface area contributed by atoms with Gasteiger partial charge in [-0.1, -0.05) is 12.1 Å².